The van der Waals surface area contributed by atoms with Crippen LogP contribution in [0.25, 0.3) is 0 Å². The van der Waals surface area contributed by atoms with Crippen LogP contribution in [0.2, 0.25) is 0 Å². The van der Waals surface area contributed by atoms with E-state index in [0.29, 0.717) is 17.7 Å². The fourth-order valence-electron chi connectivity index (χ4n) is 1.28. The Morgan fingerprint density at radius 2 is 2.36 bits per heavy atom. The van der Waals surface area contributed by atoms with Crippen LogP contribution in [-0.2, 0) is 11.2 Å². The summed E-state index contributed by atoms with van der Waals surface area (Å²) in [5.74, 6) is -0.367. The molecule has 0 aromatic heterocycles. The van der Waals surface area contributed by atoms with Gasteiger partial charge in [-0.2, -0.15) is 0 Å². The molecule has 0 saturated heterocycles. The molecule has 0 atom stereocenters. The van der Waals surface area contributed by atoms with Crippen LogP contribution in [0.3, 0.4) is 0 Å². The molecule has 1 rings (SSSR count). The molecule has 14 heavy (non-hydrogen) atoms. The van der Waals surface area contributed by atoms with Crippen LogP contribution in [0.1, 0.15) is 15.9 Å². The van der Waals surface area contributed by atoms with E-state index in [0.717, 1.165) is 5.56 Å². The van der Waals surface area contributed by atoms with Gasteiger partial charge in [0.1, 0.15) is 0 Å². The smallest absolute Gasteiger partial charge is 0.338 e. The molecule has 0 aliphatic heterocycles. The van der Waals surface area contributed by atoms with Gasteiger partial charge in [0, 0.05) is 5.69 Å². The number of nitrogens with two attached hydrogens (primary N) is 1. The van der Waals surface area contributed by atoms with E-state index in [4.69, 9.17) is 5.73 Å². The van der Waals surface area contributed by atoms with Gasteiger partial charge in [-0.3, -0.25) is 0 Å². The molecule has 3 nitrogen and oxygen atoms in total. The number of esters is 1. The third-order valence-electron chi connectivity index (χ3n) is 1.97. The van der Waals surface area contributed by atoms with Gasteiger partial charge in [0.2, 0.25) is 0 Å². The van der Waals surface area contributed by atoms with Gasteiger partial charge in [-0.05, 0) is 24.1 Å². The first kappa shape index (κ1) is 10.3. The fraction of sp³-hybridized carbons (Fsp3) is 0.182. The highest BCUT2D eigenvalue weighted by molar-refractivity contribution is 5.92. The van der Waals surface area contributed by atoms with E-state index in [1.54, 1.807) is 24.3 Å². The summed E-state index contributed by atoms with van der Waals surface area (Å²) in [6.45, 7) is 3.62. The molecule has 74 valence electrons. The van der Waals surface area contributed by atoms with E-state index >= 15 is 0 Å². The molecule has 0 aliphatic rings. The van der Waals surface area contributed by atoms with Crippen molar-refractivity contribution in [3.63, 3.8) is 0 Å². The van der Waals surface area contributed by atoms with Crippen LogP contribution in [0.15, 0.2) is 30.9 Å². The summed E-state index contributed by atoms with van der Waals surface area (Å²) >= 11 is 0. The molecule has 2 N–H and O–H groups in total. The molecule has 0 radical (unpaired) electrons. The van der Waals surface area contributed by atoms with Crippen LogP contribution < -0.4 is 5.73 Å². The first-order valence-electron chi connectivity index (χ1n) is 4.27. The minimum Gasteiger partial charge on any atom is -0.465 e. The largest absolute Gasteiger partial charge is 0.465 e. The predicted octanol–water partition coefficient (Wildman–Crippen LogP) is 1.78. The van der Waals surface area contributed by atoms with Gasteiger partial charge in [-0.15, -0.1) is 6.58 Å². The van der Waals surface area contributed by atoms with Crippen LogP contribution in [0.5, 0.6) is 0 Å². The Morgan fingerprint density at radius 1 is 1.64 bits per heavy atom. The molecule has 0 aliphatic carbocycles. The zero-order chi connectivity index (χ0) is 10.6. The van der Waals surface area contributed by atoms with E-state index in [2.05, 4.69) is 11.3 Å². The number of ether oxygens (including phenoxy) is 1. The second-order valence-corrected chi connectivity index (χ2v) is 2.86. The topological polar surface area (TPSA) is 52.3 Å². The molecule has 3 heteroatoms. The molecule has 1 aromatic carbocycles. The maximum Gasteiger partial charge on any atom is 0.338 e. The quantitative estimate of drug-likeness (QED) is 0.450. The molecule has 0 bridgehead atoms. The van der Waals surface area contributed by atoms with Crippen molar-refractivity contribution in [1.82, 2.24) is 0 Å². The number of rotatable bonds is 3. The standard InChI is InChI=1S/C11H13NO2/c1-3-5-8-9(11(13)14-2)6-4-7-10(8)12/h3-4,6-7H,1,5,12H2,2H3. The minimum atomic E-state index is -0.367. The summed E-state index contributed by atoms with van der Waals surface area (Å²) < 4.78 is 4.65. The maximum absolute atomic E-state index is 11.3. The van der Waals surface area contributed by atoms with Gasteiger partial charge in [-0.1, -0.05) is 12.1 Å². The highest BCUT2D eigenvalue weighted by Crippen LogP contribution is 2.18. The zero-order valence-corrected chi connectivity index (χ0v) is 8.12. The van der Waals surface area contributed by atoms with Crippen molar-refractivity contribution >= 4 is 11.7 Å². The second-order valence-electron chi connectivity index (χ2n) is 2.86. The van der Waals surface area contributed by atoms with Gasteiger partial charge in [0.05, 0.1) is 12.7 Å². The van der Waals surface area contributed by atoms with E-state index in [9.17, 15) is 4.79 Å². The van der Waals surface area contributed by atoms with Crippen molar-refractivity contribution in [2.24, 2.45) is 0 Å². The third-order valence-corrected chi connectivity index (χ3v) is 1.97. The van der Waals surface area contributed by atoms with E-state index in [1.807, 2.05) is 0 Å². The molecule has 0 amide bonds. The first-order valence-corrected chi connectivity index (χ1v) is 4.27. The van der Waals surface area contributed by atoms with Gasteiger partial charge >= 0.3 is 5.97 Å². The van der Waals surface area contributed by atoms with Gasteiger partial charge in [0.25, 0.3) is 0 Å². The van der Waals surface area contributed by atoms with Crippen molar-refractivity contribution in [2.45, 2.75) is 6.42 Å². The lowest BCUT2D eigenvalue weighted by Crippen LogP contribution is -2.07. The Balaban J connectivity index is 3.20. The third kappa shape index (κ3) is 1.93. The number of hydrogen-bond acceptors (Lipinski definition) is 3. The number of hydrogen-bond donors (Lipinski definition) is 1. The van der Waals surface area contributed by atoms with Crippen LogP contribution in [-0.4, -0.2) is 13.1 Å². The number of carbonyl (C=O) groups excluding carboxylic acids is 1. The predicted molar refractivity (Wildman–Crippen MR) is 56.1 cm³/mol. The van der Waals surface area contributed by atoms with Gasteiger partial charge in [-0.25, -0.2) is 4.79 Å². The van der Waals surface area contributed by atoms with E-state index in [1.165, 1.54) is 7.11 Å². The Labute approximate surface area is 83.2 Å². The average molecular weight is 191 g/mol. The summed E-state index contributed by atoms with van der Waals surface area (Å²) in [7, 11) is 1.35. The highest BCUT2D eigenvalue weighted by atomic mass is 16.5. The Kier molecular flexibility index (Phi) is 3.29. The Morgan fingerprint density at radius 3 is 2.93 bits per heavy atom. The van der Waals surface area contributed by atoms with E-state index < -0.39 is 0 Å². The number of carbonyl (C=O) groups is 1. The summed E-state index contributed by atoms with van der Waals surface area (Å²) in [5.41, 5.74) is 7.61. The first-order chi connectivity index (χ1) is 6.70. The summed E-state index contributed by atoms with van der Waals surface area (Å²) in [6.07, 6.45) is 2.27. The number of nitrogen functional groups attached to an aromatic ring is 1. The fourth-order valence-corrected chi connectivity index (χ4v) is 1.28. The van der Waals surface area contributed by atoms with Crippen molar-refractivity contribution in [1.29, 1.82) is 0 Å². The number of anilines is 1. The average Bonchev–Trinajstić information content (AvgIpc) is 2.20. The molecule has 0 fully saturated rings. The molecule has 1 aromatic rings. The Bertz CT molecular complexity index is 358. The van der Waals surface area contributed by atoms with E-state index in [-0.39, 0.29) is 5.97 Å². The molecule has 0 spiro atoms. The van der Waals surface area contributed by atoms with Gasteiger partial charge < -0.3 is 10.5 Å². The zero-order valence-electron chi connectivity index (χ0n) is 8.12. The van der Waals surface area contributed by atoms with Crippen LogP contribution in [0.4, 0.5) is 5.69 Å². The molecule has 0 heterocycles. The lowest BCUT2D eigenvalue weighted by molar-refractivity contribution is 0.0599. The highest BCUT2D eigenvalue weighted by Gasteiger charge is 2.12. The summed E-state index contributed by atoms with van der Waals surface area (Å²) in [4.78, 5) is 11.3. The van der Waals surface area contributed by atoms with Crippen molar-refractivity contribution in [3.8, 4) is 0 Å². The molecular formula is C11H13NO2. The van der Waals surface area contributed by atoms with Crippen molar-refractivity contribution in [3.05, 3.63) is 42.0 Å². The monoisotopic (exact) mass is 191 g/mol. The minimum absolute atomic E-state index is 0.367. The molecule has 0 unspecified atom stereocenters. The number of allylic oxidation sites excluding steroid dienone is 1. The number of benzene rings is 1. The lowest BCUT2D eigenvalue weighted by Gasteiger charge is -2.08. The summed E-state index contributed by atoms with van der Waals surface area (Å²) in [5, 5.41) is 0. The molecular weight excluding hydrogens is 178 g/mol. The number of methoxy groups -OCH3 is 1. The second kappa shape index (κ2) is 4.46. The van der Waals surface area contributed by atoms with Crippen molar-refractivity contribution < 1.29 is 9.53 Å². The SMILES string of the molecule is C=CCc1c(N)cccc1C(=O)OC. The maximum atomic E-state index is 11.3. The van der Waals surface area contributed by atoms with Crippen LogP contribution in [0, 0.1) is 0 Å². The molecule has 0 saturated carbocycles. The van der Waals surface area contributed by atoms with Crippen LogP contribution >= 0.6 is 0 Å². The lowest BCUT2D eigenvalue weighted by atomic mass is 10.0. The Hall–Kier alpha value is -1.77. The normalized spacial score (nSPS) is 9.50. The summed E-state index contributed by atoms with van der Waals surface area (Å²) in [6, 6.07) is 5.18. The van der Waals surface area contributed by atoms with Crippen molar-refractivity contribution in [2.75, 3.05) is 12.8 Å². The van der Waals surface area contributed by atoms with Gasteiger partial charge in [0.15, 0.2) is 0 Å².